The maximum Gasteiger partial charge on any atom is 0.0213 e. The van der Waals surface area contributed by atoms with Gasteiger partial charge in [0.2, 0.25) is 0 Å². The van der Waals surface area contributed by atoms with Gasteiger partial charge in [-0.3, -0.25) is 4.90 Å². The van der Waals surface area contributed by atoms with Gasteiger partial charge in [-0.2, -0.15) is 0 Å². The van der Waals surface area contributed by atoms with Crippen LogP contribution in [0.5, 0.6) is 0 Å². The van der Waals surface area contributed by atoms with Crippen LogP contribution in [0.3, 0.4) is 0 Å². The van der Waals surface area contributed by atoms with Crippen LogP contribution in [0.1, 0.15) is 33.1 Å². The maximum absolute atomic E-state index is 3.57. The first-order valence-corrected chi connectivity index (χ1v) is 5.76. The van der Waals surface area contributed by atoms with E-state index in [0.29, 0.717) is 0 Å². The Bertz CT molecular complexity index is 153. The van der Waals surface area contributed by atoms with Crippen molar-refractivity contribution >= 4 is 0 Å². The van der Waals surface area contributed by atoms with Crippen molar-refractivity contribution in [1.82, 2.24) is 10.2 Å². The summed E-state index contributed by atoms with van der Waals surface area (Å²) in [6.45, 7) is 8.58. The van der Waals surface area contributed by atoms with E-state index in [4.69, 9.17) is 0 Å². The second kappa shape index (κ2) is 3.97. The van der Waals surface area contributed by atoms with Gasteiger partial charge in [-0.1, -0.05) is 20.3 Å². The first-order valence-electron chi connectivity index (χ1n) is 5.76. The van der Waals surface area contributed by atoms with Gasteiger partial charge < -0.3 is 5.32 Å². The van der Waals surface area contributed by atoms with E-state index >= 15 is 0 Å². The van der Waals surface area contributed by atoms with Crippen LogP contribution >= 0.6 is 0 Å². The fourth-order valence-electron chi connectivity index (χ4n) is 2.78. The van der Waals surface area contributed by atoms with Crippen LogP contribution in [0.25, 0.3) is 0 Å². The molecule has 3 unspecified atom stereocenters. The zero-order valence-corrected chi connectivity index (χ0v) is 8.92. The van der Waals surface area contributed by atoms with E-state index in [2.05, 4.69) is 24.1 Å². The summed E-state index contributed by atoms with van der Waals surface area (Å²) < 4.78 is 0. The molecule has 3 rings (SSSR count). The summed E-state index contributed by atoms with van der Waals surface area (Å²) >= 11 is 0. The summed E-state index contributed by atoms with van der Waals surface area (Å²) in [5, 5.41) is 3.57. The third kappa shape index (κ3) is 2.23. The van der Waals surface area contributed by atoms with Crippen molar-refractivity contribution in [3.8, 4) is 0 Å². The molecular formula is C11H22N2. The van der Waals surface area contributed by atoms with Gasteiger partial charge >= 0.3 is 0 Å². The molecule has 3 fully saturated rings. The highest BCUT2D eigenvalue weighted by Crippen LogP contribution is 2.22. The molecule has 2 heteroatoms. The number of piperidine rings is 1. The molecule has 3 heterocycles. The predicted molar refractivity (Wildman–Crippen MR) is 55.8 cm³/mol. The Balaban J connectivity index is 1.70. The molecule has 1 N–H and O–H groups in total. The highest BCUT2D eigenvalue weighted by atomic mass is 15.3. The average molecular weight is 182 g/mol. The first-order chi connectivity index (χ1) is 6.28. The predicted octanol–water partition coefficient (Wildman–Crippen LogP) is 1.47. The molecule has 0 aliphatic carbocycles. The lowest BCUT2D eigenvalue weighted by molar-refractivity contribution is 0.0668. The number of rotatable bonds is 4. The third-order valence-corrected chi connectivity index (χ3v) is 3.35. The van der Waals surface area contributed by atoms with Crippen LogP contribution in [0.15, 0.2) is 0 Å². The number of fused-ring (bicyclic) bond motifs is 2. The molecule has 3 aliphatic heterocycles. The topological polar surface area (TPSA) is 15.3 Å². The maximum atomic E-state index is 3.57. The molecule has 0 aromatic heterocycles. The van der Waals surface area contributed by atoms with Crippen LogP contribution < -0.4 is 5.32 Å². The van der Waals surface area contributed by atoms with Crippen LogP contribution in [-0.4, -0.2) is 36.6 Å². The van der Waals surface area contributed by atoms with Crippen molar-refractivity contribution in [3.05, 3.63) is 0 Å². The molecule has 0 radical (unpaired) electrons. The van der Waals surface area contributed by atoms with Gasteiger partial charge in [0.1, 0.15) is 0 Å². The second-order valence-corrected chi connectivity index (χ2v) is 4.91. The summed E-state index contributed by atoms with van der Waals surface area (Å²) in [7, 11) is 0. The van der Waals surface area contributed by atoms with Gasteiger partial charge in [-0.15, -0.1) is 0 Å². The fourth-order valence-corrected chi connectivity index (χ4v) is 2.78. The van der Waals surface area contributed by atoms with Crippen molar-refractivity contribution in [2.24, 2.45) is 5.92 Å². The standard InChI is InChI=1S/C11H22N2/c1-3-4-9(2)6-13-7-10-5-11(8-13)12-10/h9-12H,3-8H2,1-2H3. The molecule has 2 nitrogen and oxygen atoms in total. The van der Waals surface area contributed by atoms with Crippen molar-refractivity contribution in [2.75, 3.05) is 19.6 Å². The molecule has 3 atom stereocenters. The van der Waals surface area contributed by atoms with Crippen LogP contribution in [0.4, 0.5) is 0 Å². The number of nitrogens with one attached hydrogen (secondary N) is 1. The van der Waals surface area contributed by atoms with Gasteiger partial charge in [0.15, 0.2) is 0 Å². The molecule has 0 spiro atoms. The van der Waals surface area contributed by atoms with E-state index < -0.39 is 0 Å². The van der Waals surface area contributed by atoms with Crippen molar-refractivity contribution in [2.45, 2.75) is 45.2 Å². The second-order valence-electron chi connectivity index (χ2n) is 4.91. The Hall–Kier alpha value is -0.0800. The Morgan fingerprint density at radius 1 is 1.38 bits per heavy atom. The van der Waals surface area contributed by atoms with Gasteiger partial charge in [-0.25, -0.2) is 0 Å². The van der Waals surface area contributed by atoms with Gasteiger partial charge in [-0.05, 0) is 18.8 Å². The smallest absolute Gasteiger partial charge is 0.0213 e. The molecule has 3 saturated heterocycles. The minimum atomic E-state index is 0.826. The fraction of sp³-hybridized carbons (Fsp3) is 1.00. The van der Waals surface area contributed by atoms with Crippen molar-refractivity contribution < 1.29 is 0 Å². The Kier molecular flexibility index (Phi) is 2.89. The normalized spacial score (nSPS) is 35.5. The summed E-state index contributed by atoms with van der Waals surface area (Å²) in [4.78, 5) is 2.65. The van der Waals surface area contributed by atoms with Crippen LogP contribution in [0, 0.1) is 5.92 Å². The summed E-state index contributed by atoms with van der Waals surface area (Å²) in [6, 6.07) is 1.65. The molecule has 0 amide bonds. The molecule has 0 aromatic rings. The van der Waals surface area contributed by atoms with E-state index in [1.54, 1.807) is 0 Å². The lowest BCUT2D eigenvalue weighted by Gasteiger charge is -2.49. The molecule has 0 saturated carbocycles. The molecule has 76 valence electrons. The largest absolute Gasteiger partial charge is 0.309 e. The molecule has 13 heavy (non-hydrogen) atoms. The highest BCUT2D eigenvalue weighted by Gasteiger charge is 2.36. The summed E-state index contributed by atoms with van der Waals surface area (Å²) in [5.74, 6) is 0.891. The van der Waals surface area contributed by atoms with Crippen LogP contribution in [0.2, 0.25) is 0 Å². The molecule has 0 aromatic carbocycles. The average Bonchev–Trinajstić information content (AvgIpc) is 2.02. The number of nitrogens with zero attached hydrogens (tertiary/aromatic N) is 1. The lowest BCUT2D eigenvalue weighted by atomic mass is 9.90. The Morgan fingerprint density at radius 2 is 2.00 bits per heavy atom. The van der Waals surface area contributed by atoms with E-state index in [-0.39, 0.29) is 0 Å². The summed E-state index contributed by atoms with van der Waals surface area (Å²) in [6.07, 6.45) is 4.15. The van der Waals surface area contributed by atoms with Gasteiger partial charge in [0.05, 0.1) is 0 Å². The lowest BCUT2D eigenvalue weighted by Crippen LogP contribution is -2.67. The zero-order chi connectivity index (χ0) is 9.26. The Morgan fingerprint density at radius 3 is 2.54 bits per heavy atom. The quantitative estimate of drug-likeness (QED) is 0.708. The number of piperazine rings is 1. The first kappa shape index (κ1) is 9.47. The van der Waals surface area contributed by atoms with Crippen molar-refractivity contribution in [3.63, 3.8) is 0 Å². The number of hydrogen-bond donors (Lipinski definition) is 1. The Labute approximate surface area is 81.7 Å². The minimum Gasteiger partial charge on any atom is -0.309 e. The van der Waals surface area contributed by atoms with E-state index in [1.807, 2.05) is 0 Å². The third-order valence-electron chi connectivity index (χ3n) is 3.35. The zero-order valence-electron chi connectivity index (χ0n) is 8.92. The van der Waals surface area contributed by atoms with E-state index in [1.165, 1.54) is 38.9 Å². The van der Waals surface area contributed by atoms with E-state index in [0.717, 1.165) is 18.0 Å². The SMILES string of the molecule is CCCC(C)CN1CC2CC(C1)N2. The molecular weight excluding hydrogens is 160 g/mol. The monoisotopic (exact) mass is 182 g/mol. The highest BCUT2D eigenvalue weighted by molar-refractivity contribution is 4.97. The molecule has 2 bridgehead atoms. The molecule has 3 aliphatic rings. The van der Waals surface area contributed by atoms with Gasteiger partial charge in [0.25, 0.3) is 0 Å². The van der Waals surface area contributed by atoms with Gasteiger partial charge in [0, 0.05) is 31.7 Å². The van der Waals surface area contributed by atoms with Crippen LogP contribution in [-0.2, 0) is 0 Å². The minimum absolute atomic E-state index is 0.826. The van der Waals surface area contributed by atoms with E-state index in [9.17, 15) is 0 Å². The van der Waals surface area contributed by atoms with Crippen molar-refractivity contribution in [1.29, 1.82) is 0 Å². The summed E-state index contributed by atoms with van der Waals surface area (Å²) in [5.41, 5.74) is 0. The number of hydrogen-bond acceptors (Lipinski definition) is 2.